The molecule has 2 aromatic carbocycles. The third-order valence-corrected chi connectivity index (χ3v) is 4.00. The van der Waals surface area contributed by atoms with Gasteiger partial charge < -0.3 is 5.32 Å². The molecule has 0 bridgehead atoms. The van der Waals surface area contributed by atoms with Gasteiger partial charge in [-0.1, -0.05) is 22.0 Å². The van der Waals surface area contributed by atoms with Gasteiger partial charge in [0.25, 0.3) is 0 Å². The lowest BCUT2D eigenvalue weighted by atomic mass is 10.1. The number of halogens is 1. The summed E-state index contributed by atoms with van der Waals surface area (Å²) in [7, 11) is 0. The molecule has 0 heterocycles. The van der Waals surface area contributed by atoms with E-state index in [9.17, 15) is 5.26 Å². The molecule has 0 aliphatic rings. The van der Waals surface area contributed by atoms with Gasteiger partial charge in [-0.15, -0.1) is 11.8 Å². The lowest BCUT2D eigenvalue weighted by Gasteiger charge is -2.12. The molecule has 1 N–H and O–H groups in total. The average Bonchev–Trinajstić information content (AvgIpc) is 2.48. The van der Waals surface area contributed by atoms with Crippen molar-refractivity contribution < 1.29 is 0 Å². The number of anilines is 2. The zero-order valence-electron chi connectivity index (χ0n) is 10.6. The Morgan fingerprint density at radius 1 is 1.10 bits per heavy atom. The van der Waals surface area contributed by atoms with Gasteiger partial charge in [0.15, 0.2) is 0 Å². The largest absolute Gasteiger partial charge is 0.353 e. The third-order valence-electron chi connectivity index (χ3n) is 2.73. The predicted molar refractivity (Wildman–Crippen MR) is 85.1 cm³/mol. The molecule has 5 heteroatoms. The third kappa shape index (κ3) is 2.96. The Bertz CT molecular complexity index is 729. The summed E-state index contributed by atoms with van der Waals surface area (Å²) >= 11 is 4.86. The molecule has 20 heavy (non-hydrogen) atoms. The van der Waals surface area contributed by atoms with E-state index >= 15 is 0 Å². The van der Waals surface area contributed by atoms with Crippen LogP contribution in [-0.2, 0) is 0 Å². The highest BCUT2D eigenvalue weighted by molar-refractivity contribution is 9.10. The number of hydrogen-bond acceptors (Lipinski definition) is 4. The van der Waals surface area contributed by atoms with Crippen molar-refractivity contribution in [2.24, 2.45) is 0 Å². The lowest BCUT2D eigenvalue weighted by Crippen LogP contribution is -1.97. The molecule has 2 aromatic rings. The molecule has 0 saturated carbocycles. The quantitative estimate of drug-likeness (QED) is 0.823. The minimum atomic E-state index is 0.526. The molecule has 98 valence electrons. The number of thioether (sulfide) groups is 1. The summed E-state index contributed by atoms with van der Waals surface area (Å²) < 4.78 is 0.845. The smallest absolute Gasteiger partial charge is 0.103 e. The maximum atomic E-state index is 9.30. The molecule has 0 saturated heterocycles. The zero-order valence-corrected chi connectivity index (χ0v) is 13.0. The molecule has 0 amide bonds. The van der Waals surface area contributed by atoms with Crippen LogP contribution >= 0.6 is 27.7 Å². The minimum absolute atomic E-state index is 0.526. The topological polar surface area (TPSA) is 59.6 Å². The van der Waals surface area contributed by atoms with Gasteiger partial charge in [-0.25, -0.2) is 0 Å². The van der Waals surface area contributed by atoms with Gasteiger partial charge in [-0.3, -0.25) is 0 Å². The monoisotopic (exact) mass is 343 g/mol. The Labute approximate surface area is 130 Å². The van der Waals surface area contributed by atoms with Crippen molar-refractivity contribution in [3.05, 3.63) is 52.0 Å². The van der Waals surface area contributed by atoms with Crippen LogP contribution in [0.2, 0.25) is 0 Å². The van der Waals surface area contributed by atoms with E-state index in [0.717, 1.165) is 9.37 Å². The molecule has 0 fully saturated rings. The number of benzene rings is 2. The van der Waals surface area contributed by atoms with E-state index in [4.69, 9.17) is 5.26 Å². The fourth-order valence-electron chi connectivity index (χ4n) is 1.78. The summed E-state index contributed by atoms with van der Waals surface area (Å²) in [4.78, 5) is 0.910. The Balaban J connectivity index is 2.46. The highest BCUT2D eigenvalue weighted by Gasteiger charge is 2.09. The van der Waals surface area contributed by atoms with E-state index in [2.05, 4.69) is 33.4 Å². The molecule has 2 rings (SSSR count). The normalized spacial score (nSPS) is 9.60. The highest BCUT2D eigenvalue weighted by Crippen LogP contribution is 2.30. The molecule has 0 atom stereocenters. The van der Waals surface area contributed by atoms with Crippen LogP contribution in [0.1, 0.15) is 11.1 Å². The van der Waals surface area contributed by atoms with Crippen LogP contribution in [0.3, 0.4) is 0 Å². The molecule has 3 nitrogen and oxygen atoms in total. The Morgan fingerprint density at radius 2 is 1.90 bits per heavy atom. The van der Waals surface area contributed by atoms with Crippen molar-refractivity contribution in [1.29, 1.82) is 10.5 Å². The molecule has 0 unspecified atom stereocenters. The number of nitrogens with zero attached hydrogens (tertiary/aromatic N) is 2. The lowest BCUT2D eigenvalue weighted by molar-refractivity contribution is 1.35. The van der Waals surface area contributed by atoms with Crippen molar-refractivity contribution in [2.45, 2.75) is 4.90 Å². The molecule has 0 aromatic heterocycles. The molecule has 0 aliphatic heterocycles. The van der Waals surface area contributed by atoms with Gasteiger partial charge in [0, 0.05) is 9.37 Å². The number of rotatable bonds is 3. The van der Waals surface area contributed by atoms with E-state index in [1.165, 1.54) is 11.8 Å². The standard InChI is InChI=1S/C15H10BrN3S/c1-20-15-4-2-3-14(12(15)9-18)19-13-6-5-11(16)7-10(13)8-17/h2-7,19H,1H3. The van der Waals surface area contributed by atoms with Gasteiger partial charge in [-0.2, -0.15) is 10.5 Å². The van der Waals surface area contributed by atoms with Crippen LogP contribution in [0.5, 0.6) is 0 Å². The van der Waals surface area contributed by atoms with Gasteiger partial charge in [0.2, 0.25) is 0 Å². The average molecular weight is 344 g/mol. The SMILES string of the molecule is CSc1cccc(Nc2ccc(Br)cc2C#N)c1C#N. The highest BCUT2D eigenvalue weighted by atomic mass is 79.9. The van der Waals surface area contributed by atoms with Crippen LogP contribution in [0.4, 0.5) is 11.4 Å². The number of hydrogen-bond donors (Lipinski definition) is 1. The summed E-state index contributed by atoms with van der Waals surface area (Å²) in [5.74, 6) is 0. The van der Waals surface area contributed by atoms with Crippen LogP contribution in [-0.4, -0.2) is 6.26 Å². The maximum Gasteiger partial charge on any atom is 0.103 e. The van der Waals surface area contributed by atoms with E-state index in [0.29, 0.717) is 22.5 Å². The minimum Gasteiger partial charge on any atom is -0.353 e. The first-order chi connectivity index (χ1) is 9.69. The second-order valence-corrected chi connectivity index (χ2v) is 5.69. The summed E-state index contributed by atoms with van der Waals surface area (Å²) in [6.45, 7) is 0. The van der Waals surface area contributed by atoms with Crippen LogP contribution < -0.4 is 5.32 Å². The Hall–Kier alpha value is -1.95. The van der Waals surface area contributed by atoms with E-state index in [1.54, 1.807) is 6.07 Å². The number of nitrogens with one attached hydrogen (secondary N) is 1. The fourth-order valence-corrected chi connectivity index (χ4v) is 2.72. The zero-order chi connectivity index (χ0) is 14.5. The van der Waals surface area contributed by atoms with Crippen LogP contribution in [0, 0.1) is 22.7 Å². The first-order valence-electron chi connectivity index (χ1n) is 5.73. The van der Waals surface area contributed by atoms with E-state index in [1.807, 2.05) is 36.6 Å². The van der Waals surface area contributed by atoms with Crippen molar-refractivity contribution >= 4 is 39.1 Å². The van der Waals surface area contributed by atoms with Gasteiger partial charge >= 0.3 is 0 Å². The first-order valence-corrected chi connectivity index (χ1v) is 7.75. The van der Waals surface area contributed by atoms with Crippen LogP contribution in [0.15, 0.2) is 45.8 Å². The van der Waals surface area contributed by atoms with Gasteiger partial charge in [0.05, 0.1) is 22.5 Å². The molecule has 0 aliphatic carbocycles. The molecular weight excluding hydrogens is 334 g/mol. The predicted octanol–water partition coefficient (Wildman–Crippen LogP) is 4.66. The summed E-state index contributed by atoms with van der Waals surface area (Å²) in [6, 6.07) is 15.4. The van der Waals surface area contributed by atoms with Crippen molar-refractivity contribution in [1.82, 2.24) is 0 Å². The van der Waals surface area contributed by atoms with E-state index in [-0.39, 0.29) is 0 Å². The first kappa shape index (κ1) is 14.5. The maximum absolute atomic E-state index is 9.30. The van der Waals surface area contributed by atoms with Crippen LogP contribution in [0.25, 0.3) is 0 Å². The molecule has 0 radical (unpaired) electrons. The van der Waals surface area contributed by atoms with Crippen molar-refractivity contribution in [2.75, 3.05) is 11.6 Å². The molecule has 0 spiro atoms. The summed E-state index contributed by atoms with van der Waals surface area (Å²) in [6.07, 6.45) is 1.93. The van der Waals surface area contributed by atoms with Gasteiger partial charge in [-0.05, 0) is 36.6 Å². The van der Waals surface area contributed by atoms with E-state index < -0.39 is 0 Å². The van der Waals surface area contributed by atoms with Crippen molar-refractivity contribution in [3.8, 4) is 12.1 Å². The Kier molecular flexibility index (Phi) is 4.68. The second-order valence-electron chi connectivity index (χ2n) is 3.92. The summed E-state index contributed by atoms with van der Waals surface area (Å²) in [5, 5.41) is 21.6. The van der Waals surface area contributed by atoms with Crippen molar-refractivity contribution in [3.63, 3.8) is 0 Å². The fraction of sp³-hybridized carbons (Fsp3) is 0.0667. The molecular formula is C15H10BrN3S. The second kappa shape index (κ2) is 6.47. The Morgan fingerprint density at radius 3 is 2.55 bits per heavy atom. The summed E-state index contributed by atoms with van der Waals surface area (Å²) in [5.41, 5.74) is 2.51. The number of nitriles is 2. The van der Waals surface area contributed by atoms with Gasteiger partial charge in [0.1, 0.15) is 12.1 Å².